The van der Waals surface area contributed by atoms with Gasteiger partial charge >= 0.3 is 0 Å². The lowest BCUT2D eigenvalue weighted by Crippen LogP contribution is -2.25. The van der Waals surface area contributed by atoms with Crippen molar-refractivity contribution in [2.75, 3.05) is 13.2 Å². The third kappa shape index (κ3) is 7.33. The number of hydrogen-bond donors (Lipinski definition) is 2. The highest BCUT2D eigenvalue weighted by molar-refractivity contribution is 5.75. The standard InChI is InChI=1S/C8H17NO2/c1-7(2)3-5-9-8(11)4-6-10/h7,10H,3-6H2,1-2H3,(H,9,11). The summed E-state index contributed by atoms with van der Waals surface area (Å²) in [6.07, 6.45) is 1.22. The van der Waals surface area contributed by atoms with Gasteiger partial charge in [0.15, 0.2) is 0 Å². The van der Waals surface area contributed by atoms with Crippen LogP contribution in [0, 0.1) is 5.92 Å². The molecule has 0 aromatic heterocycles. The first kappa shape index (κ1) is 10.4. The van der Waals surface area contributed by atoms with E-state index in [1.54, 1.807) is 0 Å². The molecule has 0 saturated heterocycles. The Balaban J connectivity index is 3.17. The van der Waals surface area contributed by atoms with Crippen LogP contribution in [-0.4, -0.2) is 24.2 Å². The molecule has 0 spiro atoms. The summed E-state index contributed by atoms with van der Waals surface area (Å²) in [5, 5.41) is 11.1. The van der Waals surface area contributed by atoms with Crippen LogP contribution in [0.25, 0.3) is 0 Å². The molecule has 0 rings (SSSR count). The van der Waals surface area contributed by atoms with Gasteiger partial charge in [-0.1, -0.05) is 13.8 Å². The molecule has 1 amide bonds. The van der Waals surface area contributed by atoms with Crippen molar-refractivity contribution in [1.82, 2.24) is 5.32 Å². The molecule has 0 fully saturated rings. The Hall–Kier alpha value is -0.570. The van der Waals surface area contributed by atoms with Crippen LogP contribution in [0.1, 0.15) is 26.7 Å². The fraction of sp³-hybridized carbons (Fsp3) is 0.875. The summed E-state index contributed by atoms with van der Waals surface area (Å²) in [5.41, 5.74) is 0. The number of carbonyl (C=O) groups is 1. The zero-order chi connectivity index (χ0) is 8.69. The van der Waals surface area contributed by atoms with Crippen molar-refractivity contribution in [3.8, 4) is 0 Å². The molecule has 0 aromatic rings. The van der Waals surface area contributed by atoms with Crippen molar-refractivity contribution in [2.45, 2.75) is 26.7 Å². The molecule has 0 radical (unpaired) electrons. The molecule has 2 N–H and O–H groups in total. The third-order valence-electron chi connectivity index (χ3n) is 1.38. The summed E-state index contributed by atoms with van der Waals surface area (Å²) in [6, 6.07) is 0. The van der Waals surface area contributed by atoms with Gasteiger partial charge in [0.1, 0.15) is 0 Å². The number of carbonyl (C=O) groups excluding carboxylic acids is 1. The van der Waals surface area contributed by atoms with Crippen LogP contribution < -0.4 is 5.32 Å². The second-order valence-corrected chi connectivity index (χ2v) is 3.01. The Bertz CT molecular complexity index is 113. The van der Waals surface area contributed by atoms with Gasteiger partial charge in [0.25, 0.3) is 0 Å². The van der Waals surface area contributed by atoms with Gasteiger partial charge in [-0.25, -0.2) is 0 Å². The monoisotopic (exact) mass is 159 g/mol. The molecule has 0 bridgehead atoms. The Labute approximate surface area is 67.8 Å². The molecule has 3 heteroatoms. The molecule has 11 heavy (non-hydrogen) atoms. The van der Waals surface area contributed by atoms with Crippen LogP contribution in [0.3, 0.4) is 0 Å². The Morgan fingerprint density at radius 3 is 2.64 bits per heavy atom. The summed E-state index contributed by atoms with van der Waals surface area (Å²) < 4.78 is 0. The molecule has 3 nitrogen and oxygen atoms in total. The Kier molecular flexibility index (Phi) is 5.84. The van der Waals surface area contributed by atoms with E-state index in [9.17, 15) is 4.79 Å². The fourth-order valence-electron chi connectivity index (χ4n) is 0.690. The van der Waals surface area contributed by atoms with E-state index in [-0.39, 0.29) is 18.9 Å². The topological polar surface area (TPSA) is 49.3 Å². The van der Waals surface area contributed by atoms with E-state index >= 15 is 0 Å². The summed E-state index contributed by atoms with van der Waals surface area (Å²) in [7, 11) is 0. The minimum Gasteiger partial charge on any atom is -0.396 e. The van der Waals surface area contributed by atoms with Gasteiger partial charge in [-0.05, 0) is 12.3 Å². The molecule has 0 atom stereocenters. The Morgan fingerprint density at radius 1 is 1.55 bits per heavy atom. The van der Waals surface area contributed by atoms with E-state index in [0.29, 0.717) is 5.92 Å². The summed E-state index contributed by atoms with van der Waals surface area (Å²) in [6.45, 7) is 4.88. The SMILES string of the molecule is CC(C)CCNC(=O)CCO. The Morgan fingerprint density at radius 2 is 2.18 bits per heavy atom. The van der Waals surface area contributed by atoms with Gasteiger partial charge in [-0.3, -0.25) is 4.79 Å². The molecule has 0 saturated carbocycles. The highest BCUT2D eigenvalue weighted by atomic mass is 16.3. The van der Waals surface area contributed by atoms with Crippen molar-refractivity contribution in [3.05, 3.63) is 0 Å². The maximum Gasteiger partial charge on any atom is 0.222 e. The first-order chi connectivity index (χ1) is 5.16. The lowest BCUT2D eigenvalue weighted by atomic mass is 10.1. The molecule has 0 unspecified atom stereocenters. The fourth-order valence-corrected chi connectivity index (χ4v) is 0.690. The average Bonchev–Trinajstić information content (AvgIpc) is 1.87. The van der Waals surface area contributed by atoms with E-state index in [1.165, 1.54) is 0 Å². The number of amides is 1. The van der Waals surface area contributed by atoms with Crippen molar-refractivity contribution in [3.63, 3.8) is 0 Å². The number of hydrogen-bond acceptors (Lipinski definition) is 2. The molecule has 0 heterocycles. The molecular formula is C8H17NO2. The van der Waals surface area contributed by atoms with Crippen LogP contribution in [0.5, 0.6) is 0 Å². The highest BCUT2D eigenvalue weighted by Gasteiger charge is 1.98. The predicted molar refractivity (Wildman–Crippen MR) is 44.2 cm³/mol. The molecular weight excluding hydrogens is 142 g/mol. The van der Waals surface area contributed by atoms with E-state index in [4.69, 9.17) is 5.11 Å². The lowest BCUT2D eigenvalue weighted by molar-refractivity contribution is -0.121. The van der Waals surface area contributed by atoms with Gasteiger partial charge in [0.2, 0.25) is 5.91 Å². The molecule has 0 aliphatic carbocycles. The predicted octanol–water partition coefficient (Wildman–Crippen LogP) is 0.531. The zero-order valence-corrected chi connectivity index (χ0v) is 7.26. The van der Waals surface area contributed by atoms with Crippen LogP contribution >= 0.6 is 0 Å². The number of aliphatic hydroxyl groups is 1. The van der Waals surface area contributed by atoms with Crippen molar-refractivity contribution in [1.29, 1.82) is 0 Å². The van der Waals surface area contributed by atoms with Crippen molar-refractivity contribution < 1.29 is 9.90 Å². The quantitative estimate of drug-likeness (QED) is 0.614. The number of rotatable bonds is 5. The van der Waals surface area contributed by atoms with Gasteiger partial charge in [-0.2, -0.15) is 0 Å². The van der Waals surface area contributed by atoms with Gasteiger partial charge in [0.05, 0.1) is 6.61 Å². The van der Waals surface area contributed by atoms with E-state index in [1.807, 2.05) is 0 Å². The molecule has 0 aromatic carbocycles. The smallest absolute Gasteiger partial charge is 0.222 e. The van der Waals surface area contributed by atoms with E-state index in [2.05, 4.69) is 19.2 Å². The first-order valence-corrected chi connectivity index (χ1v) is 4.04. The lowest BCUT2D eigenvalue weighted by Gasteiger charge is -2.05. The molecule has 66 valence electrons. The normalized spacial score (nSPS) is 10.2. The minimum atomic E-state index is -0.0620. The number of aliphatic hydroxyl groups excluding tert-OH is 1. The second kappa shape index (κ2) is 6.16. The average molecular weight is 159 g/mol. The maximum atomic E-state index is 10.8. The summed E-state index contributed by atoms with van der Waals surface area (Å²) >= 11 is 0. The van der Waals surface area contributed by atoms with Crippen LogP contribution in [0.4, 0.5) is 0 Å². The third-order valence-corrected chi connectivity index (χ3v) is 1.38. The van der Waals surface area contributed by atoms with Crippen LogP contribution in [0.15, 0.2) is 0 Å². The van der Waals surface area contributed by atoms with Crippen molar-refractivity contribution >= 4 is 5.91 Å². The van der Waals surface area contributed by atoms with Gasteiger partial charge in [0, 0.05) is 13.0 Å². The molecule has 0 aliphatic heterocycles. The summed E-state index contributed by atoms with van der Waals surface area (Å²) in [5.74, 6) is 0.553. The van der Waals surface area contributed by atoms with Crippen molar-refractivity contribution in [2.24, 2.45) is 5.92 Å². The number of nitrogens with one attached hydrogen (secondary N) is 1. The van der Waals surface area contributed by atoms with Crippen LogP contribution in [-0.2, 0) is 4.79 Å². The van der Waals surface area contributed by atoms with E-state index < -0.39 is 0 Å². The van der Waals surface area contributed by atoms with Crippen LogP contribution in [0.2, 0.25) is 0 Å². The molecule has 0 aliphatic rings. The second-order valence-electron chi connectivity index (χ2n) is 3.01. The maximum absolute atomic E-state index is 10.8. The van der Waals surface area contributed by atoms with Gasteiger partial charge in [-0.15, -0.1) is 0 Å². The zero-order valence-electron chi connectivity index (χ0n) is 7.26. The largest absolute Gasteiger partial charge is 0.396 e. The van der Waals surface area contributed by atoms with Gasteiger partial charge < -0.3 is 10.4 Å². The summed E-state index contributed by atoms with van der Waals surface area (Å²) in [4.78, 5) is 10.8. The minimum absolute atomic E-state index is 0.0619. The first-order valence-electron chi connectivity index (χ1n) is 4.04. The van der Waals surface area contributed by atoms with E-state index in [0.717, 1.165) is 13.0 Å². The highest BCUT2D eigenvalue weighted by Crippen LogP contribution is 1.96.